The van der Waals surface area contributed by atoms with Crippen molar-refractivity contribution in [2.24, 2.45) is 4.99 Å². The second kappa shape index (κ2) is 1.18. The molecule has 3 heteroatoms. The number of hydrogen-bond acceptors (Lipinski definition) is 2. The first-order chi connectivity index (χ1) is 3.30. The first-order valence-electron chi connectivity index (χ1n) is 1.78. The van der Waals surface area contributed by atoms with Crippen LogP contribution in [-0.2, 0) is 4.79 Å². The summed E-state index contributed by atoms with van der Waals surface area (Å²) in [6.45, 7) is 0. The molecular formula is C4H3NO2. The summed E-state index contributed by atoms with van der Waals surface area (Å²) in [5, 5.41) is 8.05. The molecule has 0 aromatic rings. The fourth-order valence-corrected chi connectivity index (χ4v) is 0.276. The van der Waals surface area contributed by atoms with Gasteiger partial charge in [0.1, 0.15) is 5.71 Å². The first kappa shape index (κ1) is 4.05. The van der Waals surface area contributed by atoms with Gasteiger partial charge in [-0.3, -0.25) is 0 Å². The van der Waals surface area contributed by atoms with Crippen molar-refractivity contribution in [3.05, 3.63) is 12.3 Å². The number of carboxylic acids is 1. The summed E-state index contributed by atoms with van der Waals surface area (Å²) in [4.78, 5) is 13.2. The molecule has 3 nitrogen and oxygen atoms in total. The Morgan fingerprint density at radius 3 is 2.43 bits per heavy atom. The largest absolute Gasteiger partial charge is 0.477 e. The van der Waals surface area contributed by atoms with Gasteiger partial charge in [-0.25, -0.2) is 9.79 Å². The van der Waals surface area contributed by atoms with Crippen LogP contribution in [-0.4, -0.2) is 16.8 Å². The van der Waals surface area contributed by atoms with Crippen LogP contribution in [0.4, 0.5) is 0 Å². The number of rotatable bonds is 1. The van der Waals surface area contributed by atoms with E-state index in [9.17, 15) is 4.79 Å². The molecule has 0 saturated carbocycles. The topological polar surface area (TPSA) is 49.7 Å². The van der Waals surface area contributed by atoms with Crippen LogP contribution in [0.25, 0.3) is 0 Å². The molecule has 0 aromatic carbocycles. The van der Waals surface area contributed by atoms with E-state index in [-0.39, 0.29) is 5.71 Å². The Morgan fingerprint density at radius 2 is 2.43 bits per heavy atom. The Labute approximate surface area is 40.0 Å². The highest BCUT2D eigenvalue weighted by Crippen LogP contribution is 1.93. The number of hydrogen-bond donors (Lipinski definition) is 1. The van der Waals surface area contributed by atoms with Gasteiger partial charge in [-0.05, 0) is 6.08 Å². The van der Waals surface area contributed by atoms with Gasteiger partial charge in [-0.2, -0.15) is 0 Å². The second-order valence-corrected chi connectivity index (χ2v) is 1.14. The maximum atomic E-state index is 9.80. The van der Waals surface area contributed by atoms with E-state index < -0.39 is 5.97 Å². The van der Waals surface area contributed by atoms with Gasteiger partial charge in [-0.1, -0.05) is 0 Å². The van der Waals surface area contributed by atoms with E-state index in [4.69, 9.17) is 5.11 Å². The molecule has 0 amide bonds. The third-order valence-corrected chi connectivity index (χ3v) is 0.665. The maximum Gasteiger partial charge on any atom is 0.354 e. The standard InChI is InChI=1S/C4H3NO2/c6-4(7)3-1-2-5-3/h1-2H,(H,6,7). The fourth-order valence-electron chi connectivity index (χ4n) is 0.276. The third-order valence-electron chi connectivity index (χ3n) is 0.665. The van der Waals surface area contributed by atoms with Crippen molar-refractivity contribution in [1.29, 1.82) is 0 Å². The smallest absolute Gasteiger partial charge is 0.354 e. The SMILES string of the molecule is O=C(O)C1=NC=C1. The number of aliphatic carboxylic acids is 1. The van der Waals surface area contributed by atoms with Crippen LogP contribution in [0.15, 0.2) is 17.3 Å². The van der Waals surface area contributed by atoms with Gasteiger partial charge in [-0.15, -0.1) is 0 Å². The van der Waals surface area contributed by atoms with Gasteiger partial charge in [0.25, 0.3) is 0 Å². The molecule has 1 aliphatic rings. The highest BCUT2D eigenvalue weighted by atomic mass is 16.4. The Morgan fingerprint density at radius 1 is 1.86 bits per heavy atom. The van der Waals surface area contributed by atoms with Crippen LogP contribution in [0, 0.1) is 0 Å². The lowest BCUT2D eigenvalue weighted by Gasteiger charge is -1.95. The Balaban J connectivity index is 2.60. The summed E-state index contributed by atoms with van der Waals surface area (Å²) in [6.07, 6.45) is 2.89. The molecule has 0 radical (unpaired) electrons. The van der Waals surface area contributed by atoms with E-state index in [0.29, 0.717) is 0 Å². The van der Waals surface area contributed by atoms with Crippen LogP contribution in [0.5, 0.6) is 0 Å². The molecule has 0 aromatic heterocycles. The minimum Gasteiger partial charge on any atom is -0.477 e. The Hall–Kier alpha value is -1.12. The zero-order valence-electron chi connectivity index (χ0n) is 3.46. The molecule has 0 fully saturated rings. The van der Waals surface area contributed by atoms with Crippen molar-refractivity contribution in [3.63, 3.8) is 0 Å². The first-order valence-corrected chi connectivity index (χ1v) is 1.78. The molecule has 7 heavy (non-hydrogen) atoms. The molecule has 1 heterocycles. The minimum atomic E-state index is -0.956. The number of carbonyl (C=O) groups is 1. The Bertz CT molecular complexity index is 157. The lowest BCUT2D eigenvalue weighted by atomic mass is 10.3. The molecule has 0 bridgehead atoms. The van der Waals surface area contributed by atoms with Gasteiger partial charge in [0, 0.05) is 6.20 Å². The number of aliphatic imine (C=N–C) groups is 1. The molecular weight excluding hydrogens is 94.0 g/mol. The second-order valence-electron chi connectivity index (χ2n) is 1.14. The normalized spacial score (nSPS) is 15.1. The average Bonchev–Trinajstić information content (AvgIpc) is 1.23. The molecule has 1 rings (SSSR count). The molecule has 0 atom stereocenters. The van der Waals surface area contributed by atoms with Gasteiger partial charge in [0.15, 0.2) is 0 Å². The quantitative estimate of drug-likeness (QED) is 0.502. The zero-order valence-corrected chi connectivity index (χ0v) is 3.46. The van der Waals surface area contributed by atoms with Crippen LogP contribution in [0.2, 0.25) is 0 Å². The van der Waals surface area contributed by atoms with Crippen LogP contribution >= 0.6 is 0 Å². The van der Waals surface area contributed by atoms with Crippen molar-refractivity contribution in [2.75, 3.05) is 0 Å². The summed E-state index contributed by atoms with van der Waals surface area (Å²) in [5.41, 5.74) is 0.139. The summed E-state index contributed by atoms with van der Waals surface area (Å²) in [7, 11) is 0. The third kappa shape index (κ3) is 0.513. The zero-order chi connectivity index (χ0) is 5.28. The van der Waals surface area contributed by atoms with Crippen LogP contribution < -0.4 is 0 Å². The molecule has 0 spiro atoms. The summed E-state index contributed by atoms with van der Waals surface area (Å²) >= 11 is 0. The predicted molar refractivity (Wildman–Crippen MR) is 24.2 cm³/mol. The van der Waals surface area contributed by atoms with Gasteiger partial charge >= 0.3 is 5.97 Å². The van der Waals surface area contributed by atoms with E-state index >= 15 is 0 Å². The lowest BCUT2D eigenvalue weighted by molar-refractivity contribution is -0.129. The van der Waals surface area contributed by atoms with Crippen molar-refractivity contribution in [2.45, 2.75) is 0 Å². The highest BCUT2D eigenvalue weighted by Gasteiger charge is 2.07. The van der Waals surface area contributed by atoms with Crippen molar-refractivity contribution < 1.29 is 9.90 Å². The van der Waals surface area contributed by atoms with Gasteiger partial charge < -0.3 is 5.11 Å². The van der Waals surface area contributed by atoms with Crippen molar-refractivity contribution in [3.8, 4) is 0 Å². The molecule has 36 valence electrons. The summed E-state index contributed by atoms with van der Waals surface area (Å²) in [6, 6.07) is 0. The predicted octanol–water partition coefficient (Wildman–Crippen LogP) is 0.0393. The molecule has 1 aliphatic heterocycles. The lowest BCUT2D eigenvalue weighted by Crippen LogP contribution is -2.12. The minimum absolute atomic E-state index is 0.139. The van der Waals surface area contributed by atoms with Gasteiger partial charge in [0.05, 0.1) is 0 Å². The maximum absolute atomic E-state index is 9.80. The van der Waals surface area contributed by atoms with E-state index in [0.717, 1.165) is 0 Å². The average molecular weight is 97.1 g/mol. The fraction of sp³-hybridized carbons (Fsp3) is 0. The molecule has 0 saturated heterocycles. The van der Waals surface area contributed by atoms with E-state index in [1.165, 1.54) is 12.3 Å². The van der Waals surface area contributed by atoms with Crippen LogP contribution in [0.3, 0.4) is 0 Å². The van der Waals surface area contributed by atoms with Gasteiger partial charge in [0.2, 0.25) is 0 Å². The monoisotopic (exact) mass is 97.0 g/mol. The van der Waals surface area contributed by atoms with E-state index in [2.05, 4.69) is 4.99 Å². The van der Waals surface area contributed by atoms with E-state index in [1.807, 2.05) is 0 Å². The highest BCUT2D eigenvalue weighted by molar-refractivity contribution is 6.42. The number of nitrogens with zero attached hydrogens (tertiary/aromatic N) is 1. The summed E-state index contributed by atoms with van der Waals surface area (Å²) in [5.74, 6) is -0.956. The van der Waals surface area contributed by atoms with Crippen LogP contribution in [0.1, 0.15) is 0 Å². The molecule has 1 N–H and O–H groups in total. The number of carboxylic acid groups (broad SMARTS) is 1. The van der Waals surface area contributed by atoms with E-state index in [1.54, 1.807) is 0 Å². The Kier molecular flexibility index (Phi) is 0.685. The van der Waals surface area contributed by atoms with Crippen molar-refractivity contribution in [1.82, 2.24) is 0 Å². The van der Waals surface area contributed by atoms with Crippen molar-refractivity contribution >= 4 is 11.7 Å². The summed E-state index contributed by atoms with van der Waals surface area (Å²) < 4.78 is 0. The molecule has 0 unspecified atom stereocenters. The molecule has 0 aliphatic carbocycles.